The van der Waals surface area contributed by atoms with E-state index in [4.69, 9.17) is 4.74 Å². The minimum absolute atomic E-state index is 0.0976. The molecule has 1 aliphatic rings. The van der Waals surface area contributed by atoms with E-state index in [2.05, 4.69) is 32.9 Å². The first-order valence-corrected chi connectivity index (χ1v) is 6.80. The number of aliphatic hydroxyl groups is 1. The van der Waals surface area contributed by atoms with Crippen LogP contribution >= 0.6 is 0 Å². The van der Waals surface area contributed by atoms with Gasteiger partial charge in [-0.05, 0) is 41.9 Å². The van der Waals surface area contributed by atoms with Gasteiger partial charge in [0.2, 0.25) is 0 Å². The lowest BCUT2D eigenvalue weighted by Gasteiger charge is -2.32. The Bertz CT molecular complexity index is 414. The zero-order chi connectivity index (χ0) is 13.3. The largest absolute Gasteiger partial charge is 0.496 e. The van der Waals surface area contributed by atoms with Crippen LogP contribution in [0.2, 0.25) is 0 Å². The third kappa shape index (κ3) is 2.54. The van der Waals surface area contributed by atoms with Gasteiger partial charge in [-0.3, -0.25) is 0 Å². The molecule has 0 spiro atoms. The van der Waals surface area contributed by atoms with E-state index < -0.39 is 0 Å². The van der Waals surface area contributed by atoms with Crippen LogP contribution in [-0.2, 0) is 5.41 Å². The highest BCUT2D eigenvalue weighted by atomic mass is 16.5. The van der Waals surface area contributed by atoms with Crippen molar-refractivity contribution in [3.63, 3.8) is 0 Å². The lowest BCUT2D eigenvalue weighted by molar-refractivity contribution is 0.0599. The molecular formula is C16H24O2. The van der Waals surface area contributed by atoms with Crippen LogP contribution in [0.3, 0.4) is 0 Å². The first-order valence-electron chi connectivity index (χ1n) is 6.80. The van der Waals surface area contributed by atoms with Crippen molar-refractivity contribution in [3.05, 3.63) is 29.3 Å². The summed E-state index contributed by atoms with van der Waals surface area (Å²) in [4.78, 5) is 0. The molecule has 0 aliphatic heterocycles. The quantitative estimate of drug-likeness (QED) is 0.881. The molecule has 0 amide bonds. The molecule has 2 heteroatoms. The van der Waals surface area contributed by atoms with E-state index in [9.17, 15) is 5.11 Å². The van der Waals surface area contributed by atoms with Gasteiger partial charge in [-0.1, -0.05) is 33.3 Å². The standard InChI is InChI=1S/C16H24O2/c1-16(2,3)12-8-9-14(18-4)13(10-12)15(17)11-6-5-7-11/h8-11,15,17H,5-7H2,1-4H3. The van der Waals surface area contributed by atoms with Crippen molar-refractivity contribution in [2.75, 3.05) is 7.11 Å². The first kappa shape index (κ1) is 13.4. The van der Waals surface area contributed by atoms with Crippen molar-refractivity contribution in [2.24, 2.45) is 5.92 Å². The molecule has 0 heterocycles. The van der Waals surface area contributed by atoms with Gasteiger partial charge in [-0.25, -0.2) is 0 Å². The molecule has 1 aliphatic carbocycles. The fraction of sp³-hybridized carbons (Fsp3) is 0.625. The Morgan fingerprint density at radius 3 is 2.39 bits per heavy atom. The molecule has 2 rings (SSSR count). The van der Waals surface area contributed by atoms with Crippen LogP contribution in [0.25, 0.3) is 0 Å². The second-order valence-corrected chi connectivity index (χ2v) is 6.34. The summed E-state index contributed by atoms with van der Waals surface area (Å²) in [5, 5.41) is 10.5. The Kier molecular flexibility index (Phi) is 3.67. The Labute approximate surface area is 110 Å². The molecule has 1 atom stereocenters. The van der Waals surface area contributed by atoms with Crippen LogP contribution in [0.1, 0.15) is 57.3 Å². The third-order valence-corrected chi connectivity index (χ3v) is 4.01. The first-order chi connectivity index (χ1) is 8.43. The highest BCUT2D eigenvalue weighted by Crippen LogP contribution is 2.41. The van der Waals surface area contributed by atoms with Gasteiger partial charge >= 0.3 is 0 Å². The molecule has 18 heavy (non-hydrogen) atoms. The van der Waals surface area contributed by atoms with Crippen LogP contribution in [0.15, 0.2) is 18.2 Å². The number of benzene rings is 1. The van der Waals surface area contributed by atoms with Crippen LogP contribution in [0.4, 0.5) is 0 Å². The van der Waals surface area contributed by atoms with Crippen molar-refractivity contribution < 1.29 is 9.84 Å². The molecule has 1 unspecified atom stereocenters. The summed E-state index contributed by atoms with van der Waals surface area (Å²) in [7, 11) is 1.67. The molecular weight excluding hydrogens is 224 g/mol. The van der Waals surface area contributed by atoms with Gasteiger partial charge in [0, 0.05) is 5.56 Å². The van der Waals surface area contributed by atoms with Crippen LogP contribution in [-0.4, -0.2) is 12.2 Å². The summed E-state index contributed by atoms with van der Waals surface area (Å²) >= 11 is 0. The van der Waals surface area contributed by atoms with Crippen molar-refractivity contribution in [3.8, 4) is 5.75 Å². The zero-order valence-electron chi connectivity index (χ0n) is 11.9. The maximum Gasteiger partial charge on any atom is 0.124 e. The van der Waals surface area contributed by atoms with E-state index in [-0.39, 0.29) is 11.5 Å². The van der Waals surface area contributed by atoms with E-state index in [1.165, 1.54) is 12.0 Å². The fourth-order valence-corrected chi connectivity index (χ4v) is 2.44. The summed E-state index contributed by atoms with van der Waals surface area (Å²) < 4.78 is 5.39. The predicted molar refractivity (Wildman–Crippen MR) is 74.0 cm³/mol. The SMILES string of the molecule is COc1ccc(C(C)(C)C)cc1C(O)C1CCC1. The maximum atomic E-state index is 10.5. The molecule has 2 nitrogen and oxygen atoms in total. The van der Waals surface area contributed by atoms with Crippen molar-refractivity contribution in [2.45, 2.75) is 51.6 Å². The Morgan fingerprint density at radius 2 is 1.94 bits per heavy atom. The lowest BCUT2D eigenvalue weighted by Crippen LogP contribution is -2.21. The molecule has 1 N–H and O–H groups in total. The molecule has 1 aromatic carbocycles. The number of methoxy groups -OCH3 is 1. The van der Waals surface area contributed by atoms with E-state index in [1.807, 2.05) is 6.07 Å². The summed E-state index contributed by atoms with van der Waals surface area (Å²) in [6.07, 6.45) is 3.12. The Balaban J connectivity index is 2.35. The van der Waals surface area contributed by atoms with Crippen LogP contribution < -0.4 is 4.74 Å². The molecule has 0 radical (unpaired) electrons. The zero-order valence-corrected chi connectivity index (χ0v) is 11.9. The molecule has 1 fully saturated rings. The van der Waals surface area contributed by atoms with Crippen molar-refractivity contribution in [1.82, 2.24) is 0 Å². The fourth-order valence-electron chi connectivity index (χ4n) is 2.44. The lowest BCUT2D eigenvalue weighted by atomic mass is 9.77. The smallest absolute Gasteiger partial charge is 0.124 e. The number of rotatable bonds is 3. The second-order valence-electron chi connectivity index (χ2n) is 6.34. The summed E-state index contributed by atoms with van der Waals surface area (Å²) in [5.41, 5.74) is 2.30. The van der Waals surface area contributed by atoms with Gasteiger partial charge in [0.25, 0.3) is 0 Å². The monoisotopic (exact) mass is 248 g/mol. The Morgan fingerprint density at radius 1 is 1.28 bits per heavy atom. The summed E-state index contributed by atoms with van der Waals surface area (Å²) in [5.74, 6) is 1.22. The van der Waals surface area contributed by atoms with Crippen LogP contribution in [0.5, 0.6) is 5.75 Å². The van der Waals surface area contributed by atoms with Gasteiger partial charge in [0.05, 0.1) is 13.2 Å². The third-order valence-electron chi connectivity index (χ3n) is 4.01. The van der Waals surface area contributed by atoms with Gasteiger partial charge < -0.3 is 9.84 Å². The summed E-state index contributed by atoms with van der Waals surface area (Å²) in [6.45, 7) is 6.57. The van der Waals surface area contributed by atoms with E-state index in [1.54, 1.807) is 7.11 Å². The molecule has 1 aromatic rings. The minimum Gasteiger partial charge on any atom is -0.496 e. The van der Waals surface area contributed by atoms with E-state index >= 15 is 0 Å². The summed E-state index contributed by atoms with van der Waals surface area (Å²) in [6, 6.07) is 6.19. The molecule has 1 saturated carbocycles. The van der Waals surface area contributed by atoms with Crippen LogP contribution in [0, 0.1) is 5.92 Å². The second kappa shape index (κ2) is 4.93. The molecule has 0 bridgehead atoms. The maximum absolute atomic E-state index is 10.5. The number of ether oxygens (including phenoxy) is 1. The van der Waals surface area contributed by atoms with Crippen molar-refractivity contribution in [1.29, 1.82) is 0 Å². The highest BCUT2D eigenvalue weighted by Gasteiger charge is 2.29. The Hall–Kier alpha value is -1.02. The average molecular weight is 248 g/mol. The van der Waals surface area contributed by atoms with E-state index in [0.717, 1.165) is 24.2 Å². The highest BCUT2D eigenvalue weighted by molar-refractivity contribution is 5.41. The molecule has 0 aromatic heterocycles. The van der Waals surface area contributed by atoms with Crippen molar-refractivity contribution >= 4 is 0 Å². The van der Waals surface area contributed by atoms with Gasteiger partial charge in [0.1, 0.15) is 5.75 Å². The molecule has 100 valence electrons. The van der Waals surface area contributed by atoms with Gasteiger partial charge in [-0.15, -0.1) is 0 Å². The van der Waals surface area contributed by atoms with Gasteiger partial charge in [-0.2, -0.15) is 0 Å². The predicted octanol–water partition coefficient (Wildman–Crippen LogP) is 3.83. The average Bonchev–Trinajstić information content (AvgIpc) is 2.24. The normalized spacial score (nSPS) is 18.3. The number of hydrogen-bond donors (Lipinski definition) is 1. The van der Waals surface area contributed by atoms with E-state index in [0.29, 0.717) is 5.92 Å². The van der Waals surface area contributed by atoms with Gasteiger partial charge in [0.15, 0.2) is 0 Å². The topological polar surface area (TPSA) is 29.5 Å². The molecule has 0 saturated heterocycles. The minimum atomic E-state index is -0.379. The number of hydrogen-bond acceptors (Lipinski definition) is 2. The number of aliphatic hydroxyl groups excluding tert-OH is 1.